The average Bonchev–Trinajstić information content (AvgIpc) is 2.63. The van der Waals surface area contributed by atoms with Crippen LogP contribution in [0.2, 0.25) is 0 Å². The van der Waals surface area contributed by atoms with Crippen molar-refractivity contribution in [1.82, 2.24) is 4.90 Å². The molecule has 6 heteroatoms. The number of benzene rings is 2. The molecule has 2 aromatic carbocycles. The molecule has 26 heavy (non-hydrogen) atoms. The zero-order valence-corrected chi connectivity index (χ0v) is 14.5. The van der Waals surface area contributed by atoms with Crippen LogP contribution in [0.5, 0.6) is 0 Å². The molecule has 0 saturated heterocycles. The van der Waals surface area contributed by atoms with Crippen LogP contribution >= 0.6 is 0 Å². The minimum atomic E-state index is -1.03. The molecule has 2 aromatic rings. The van der Waals surface area contributed by atoms with Crippen LogP contribution in [-0.4, -0.2) is 28.4 Å². The predicted molar refractivity (Wildman–Crippen MR) is 93.5 cm³/mol. The maximum Gasteiger partial charge on any atom is 0.305 e. The lowest BCUT2D eigenvalue weighted by Gasteiger charge is -2.27. The SMILES string of the molecule is CCC(C(=O)N(CCC(=O)O)Cc1ccc(F)c(F)c1)c1ccccc1. The number of carboxylic acid groups (broad SMARTS) is 1. The van der Waals surface area contributed by atoms with E-state index in [1.165, 1.54) is 11.0 Å². The summed E-state index contributed by atoms with van der Waals surface area (Å²) in [7, 11) is 0. The van der Waals surface area contributed by atoms with Crippen molar-refractivity contribution in [2.24, 2.45) is 0 Å². The van der Waals surface area contributed by atoms with E-state index in [-0.39, 0.29) is 25.4 Å². The molecule has 0 aliphatic carbocycles. The Bertz CT molecular complexity index is 765. The number of carbonyl (C=O) groups is 2. The molecule has 0 spiro atoms. The molecule has 0 fully saturated rings. The molecule has 2 rings (SSSR count). The smallest absolute Gasteiger partial charge is 0.305 e. The number of aliphatic carboxylic acids is 1. The fourth-order valence-electron chi connectivity index (χ4n) is 2.81. The molecule has 0 radical (unpaired) electrons. The molecule has 0 aliphatic rings. The van der Waals surface area contributed by atoms with Gasteiger partial charge < -0.3 is 10.0 Å². The van der Waals surface area contributed by atoms with E-state index in [0.29, 0.717) is 12.0 Å². The van der Waals surface area contributed by atoms with E-state index in [4.69, 9.17) is 5.11 Å². The molecule has 1 N–H and O–H groups in total. The van der Waals surface area contributed by atoms with Crippen molar-refractivity contribution < 1.29 is 23.5 Å². The third-order valence-electron chi connectivity index (χ3n) is 4.17. The van der Waals surface area contributed by atoms with Crippen molar-refractivity contribution in [3.05, 3.63) is 71.3 Å². The fraction of sp³-hybridized carbons (Fsp3) is 0.300. The molecule has 4 nitrogen and oxygen atoms in total. The number of nitrogens with zero attached hydrogens (tertiary/aromatic N) is 1. The quantitative estimate of drug-likeness (QED) is 0.774. The summed E-state index contributed by atoms with van der Waals surface area (Å²) >= 11 is 0. The normalized spacial score (nSPS) is 11.8. The van der Waals surface area contributed by atoms with Crippen LogP contribution in [0.1, 0.15) is 36.8 Å². The summed E-state index contributed by atoms with van der Waals surface area (Å²) < 4.78 is 26.6. The van der Waals surface area contributed by atoms with Gasteiger partial charge in [-0.3, -0.25) is 9.59 Å². The van der Waals surface area contributed by atoms with Crippen LogP contribution in [-0.2, 0) is 16.1 Å². The Hall–Kier alpha value is -2.76. The molecule has 1 amide bonds. The summed E-state index contributed by atoms with van der Waals surface area (Å²) in [5, 5.41) is 8.96. The molecular formula is C20H21F2NO3. The Labute approximate surface area is 151 Å². The fourth-order valence-corrected chi connectivity index (χ4v) is 2.81. The van der Waals surface area contributed by atoms with E-state index in [9.17, 15) is 18.4 Å². The van der Waals surface area contributed by atoms with Crippen LogP contribution in [0, 0.1) is 11.6 Å². The zero-order valence-electron chi connectivity index (χ0n) is 14.5. The van der Waals surface area contributed by atoms with Crippen molar-refractivity contribution in [3.8, 4) is 0 Å². The summed E-state index contributed by atoms with van der Waals surface area (Å²) in [6, 6.07) is 12.6. The predicted octanol–water partition coefficient (Wildman–Crippen LogP) is 3.96. The van der Waals surface area contributed by atoms with Gasteiger partial charge >= 0.3 is 5.97 Å². The second-order valence-corrected chi connectivity index (χ2v) is 6.02. The monoisotopic (exact) mass is 361 g/mol. The van der Waals surface area contributed by atoms with Gasteiger partial charge in [0.05, 0.1) is 12.3 Å². The lowest BCUT2D eigenvalue weighted by molar-refractivity contribution is -0.139. The van der Waals surface area contributed by atoms with Crippen molar-refractivity contribution in [2.45, 2.75) is 32.2 Å². The molecule has 0 bridgehead atoms. The molecule has 138 valence electrons. The minimum Gasteiger partial charge on any atom is -0.481 e. The molecular weight excluding hydrogens is 340 g/mol. The number of hydrogen-bond donors (Lipinski definition) is 1. The third kappa shape index (κ3) is 5.12. The van der Waals surface area contributed by atoms with Gasteiger partial charge in [0, 0.05) is 13.1 Å². The van der Waals surface area contributed by atoms with Gasteiger partial charge in [0.15, 0.2) is 11.6 Å². The van der Waals surface area contributed by atoms with Gasteiger partial charge in [-0.25, -0.2) is 8.78 Å². The standard InChI is InChI=1S/C20H21F2NO3/c1-2-16(15-6-4-3-5-7-15)20(26)23(11-10-19(24)25)13-14-8-9-17(21)18(22)12-14/h3-9,12,16H,2,10-11,13H2,1H3,(H,24,25). The summed E-state index contributed by atoms with van der Waals surface area (Å²) in [6.07, 6.45) is 0.324. The van der Waals surface area contributed by atoms with Gasteiger partial charge in [0.1, 0.15) is 0 Å². The van der Waals surface area contributed by atoms with Crippen LogP contribution in [0.3, 0.4) is 0 Å². The molecule has 0 aromatic heterocycles. The highest BCUT2D eigenvalue weighted by Gasteiger charge is 2.25. The topological polar surface area (TPSA) is 57.6 Å². The zero-order chi connectivity index (χ0) is 19.1. The minimum absolute atomic E-state index is 0.00348. The first-order valence-electron chi connectivity index (χ1n) is 8.41. The van der Waals surface area contributed by atoms with Gasteiger partial charge in [-0.05, 0) is 29.7 Å². The highest BCUT2D eigenvalue weighted by atomic mass is 19.2. The summed E-state index contributed by atoms with van der Waals surface area (Å²) in [4.78, 5) is 25.3. The summed E-state index contributed by atoms with van der Waals surface area (Å²) in [6.45, 7) is 1.89. The molecule has 0 saturated carbocycles. The van der Waals surface area contributed by atoms with Crippen LogP contribution < -0.4 is 0 Å². The van der Waals surface area contributed by atoms with E-state index in [0.717, 1.165) is 17.7 Å². The van der Waals surface area contributed by atoms with E-state index >= 15 is 0 Å². The van der Waals surface area contributed by atoms with Gasteiger partial charge in [-0.1, -0.05) is 43.3 Å². The van der Waals surface area contributed by atoms with Gasteiger partial charge in [-0.15, -0.1) is 0 Å². The number of hydrogen-bond acceptors (Lipinski definition) is 2. The molecule has 0 heterocycles. The van der Waals surface area contributed by atoms with Gasteiger partial charge in [0.2, 0.25) is 5.91 Å². The Kier molecular flexibility index (Phi) is 6.83. The largest absolute Gasteiger partial charge is 0.481 e. The van der Waals surface area contributed by atoms with E-state index in [1.54, 1.807) is 0 Å². The second-order valence-electron chi connectivity index (χ2n) is 6.02. The maximum absolute atomic E-state index is 13.5. The van der Waals surface area contributed by atoms with Crippen molar-refractivity contribution in [3.63, 3.8) is 0 Å². The Morgan fingerprint density at radius 1 is 1.08 bits per heavy atom. The number of rotatable bonds is 8. The van der Waals surface area contributed by atoms with Crippen molar-refractivity contribution in [2.75, 3.05) is 6.54 Å². The van der Waals surface area contributed by atoms with E-state index < -0.39 is 23.5 Å². The highest BCUT2D eigenvalue weighted by Crippen LogP contribution is 2.23. The Morgan fingerprint density at radius 2 is 1.77 bits per heavy atom. The second kappa shape index (κ2) is 9.08. The maximum atomic E-state index is 13.5. The molecule has 1 unspecified atom stereocenters. The lowest BCUT2D eigenvalue weighted by Crippen LogP contribution is -2.36. The van der Waals surface area contributed by atoms with Crippen molar-refractivity contribution in [1.29, 1.82) is 0 Å². The first kappa shape index (κ1) is 19.6. The Morgan fingerprint density at radius 3 is 2.35 bits per heavy atom. The molecule has 1 atom stereocenters. The van der Waals surface area contributed by atoms with Crippen molar-refractivity contribution >= 4 is 11.9 Å². The summed E-state index contributed by atoms with van der Waals surface area (Å²) in [5.74, 6) is -3.64. The Balaban J connectivity index is 2.25. The summed E-state index contributed by atoms with van der Waals surface area (Å²) in [5.41, 5.74) is 1.25. The first-order chi connectivity index (χ1) is 12.4. The van der Waals surface area contributed by atoms with E-state index in [1.807, 2.05) is 37.3 Å². The number of halogens is 2. The lowest BCUT2D eigenvalue weighted by atomic mass is 9.94. The van der Waals surface area contributed by atoms with Crippen LogP contribution in [0.15, 0.2) is 48.5 Å². The van der Waals surface area contributed by atoms with Crippen LogP contribution in [0.4, 0.5) is 8.78 Å². The van der Waals surface area contributed by atoms with Gasteiger partial charge in [-0.2, -0.15) is 0 Å². The van der Waals surface area contributed by atoms with E-state index in [2.05, 4.69) is 0 Å². The molecule has 0 aliphatic heterocycles. The highest BCUT2D eigenvalue weighted by molar-refractivity contribution is 5.84. The van der Waals surface area contributed by atoms with Gasteiger partial charge in [0.25, 0.3) is 0 Å². The number of carboxylic acids is 1. The number of amides is 1. The van der Waals surface area contributed by atoms with Crippen LogP contribution in [0.25, 0.3) is 0 Å². The average molecular weight is 361 g/mol. The number of carbonyl (C=O) groups excluding carboxylic acids is 1. The third-order valence-corrected chi connectivity index (χ3v) is 4.17. The first-order valence-corrected chi connectivity index (χ1v) is 8.41.